The Labute approximate surface area is 599 Å². The summed E-state index contributed by atoms with van der Waals surface area (Å²) >= 11 is 11.3. The second-order valence-corrected chi connectivity index (χ2v) is 31.2. The zero-order valence-electron chi connectivity index (χ0n) is 56.5. The summed E-state index contributed by atoms with van der Waals surface area (Å²) in [4.78, 5) is 0. The molecule has 20 aromatic rings. The van der Waals surface area contributed by atoms with E-state index in [1.54, 1.807) is 0 Å². The van der Waals surface area contributed by atoms with Crippen LogP contribution in [0, 0.1) is 55.4 Å². The summed E-state index contributed by atoms with van der Waals surface area (Å²) in [6, 6.07) is 112. The van der Waals surface area contributed by atoms with Gasteiger partial charge in [-0.15, -0.1) is 68.0 Å². The zero-order chi connectivity index (χ0) is 67.5. The maximum Gasteiger partial charge on any atom is 0.0384 e. The number of fused-ring (bicyclic) bond motifs is 18. The van der Waals surface area contributed by atoms with Crippen molar-refractivity contribution in [1.82, 2.24) is 0 Å². The van der Waals surface area contributed by atoms with Crippen molar-refractivity contribution < 1.29 is 0 Å². The zero-order valence-corrected chi connectivity index (χ0v) is 61.4. The van der Waals surface area contributed by atoms with Crippen molar-refractivity contribution in [1.29, 1.82) is 0 Å². The highest BCUT2D eigenvalue weighted by Gasteiger charge is 2.10. The molecule has 0 nitrogen and oxygen atoms in total. The highest BCUT2D eigenvalue weighted by molar-refractivity contribution is 7.28. The molecule has 0 aliphatic carbocycles. The lowest BCUT2D eigenvalue weighted by molar-refractivity contribution is 1.48. The molecule has 0 spiro atoms. The first kappa shape index (κ1) is 67.0. The second kappa shape index (κ2) is 31.3. The minimum absolute atomic E-state index is 1.32. The minimum atomic E-state index is 1.32. The van der Waals surface area contributed by atoms with E-state index in [9.17, 15) is 0 Å². The third-order valence-electron chi connectivity index (χ3n) is 17.3. The monoisotopic (exact) mass is 1370 g/mol. The van der Waals surface area contributed by atoms with Crippen molar-refractivity contribution in [2.24, 2.45) is 0 Å². The lowest BCUT2D eigenvalue weighted by Crippen LogP contribution is -1.72. The number of hydrogen-bond acceptors (Lipinski definition) is 6. The van der Waals surface area contributed by atoms with Gasteiger partial charge in [0.05, 0.1) is 0 Å². The van der Waals surface area contributed by atoms with Crippen molar-refractivity contribution in [3.05, 3.63) is 360 Å². The molecular weight excluding hydrogens is 1300 g/mol. The fourth-order valence-corrected chi connectivity index (χ4v) is 19.3. The van der Waals surface area contributed by atoms with Crippen molar-refractivity contribution in [2.45, 2.75) is 55.4 Å². The van der Waals surface area contributed by atoms with Gasteiger partial charge in [0.25, 0.3) is 0 Å². The molecule has 0 fully saturated rings. The van der Waals surface area contributed by atoms with Crippen LogP contribution in [0.2, 0.25) is 0 Å². The van der Waals surface area contributed by atoms with Gasteiger partial charge in [-0.25, -0.2) is 0 Å². The molecule has 98 heavy (non-hydrogen) atoms. The van der Waals surface area contributed by atoms with E-state index < -0.39 is 0 Å². The first-order chi connectivity index (χ1) is 47.9. The van der Waals surface area contributed by atoms with Crippen molar-refractivity contribution in [3.8, 4) is 0 Å². The summed E-state index contributed by atoms with van der Waals surface area (Å²) in [7, 11) is 0. The predicted molar refractivity (Wildman–Crippen MR) is 447 cm³/mol. The normalized spacial score (nSPS) is 10.9. The standard InChI is InChI=1S/6C13H10S.2C7H8/c2*1-9-5-4-7-11-10-6-2-3-8-12(10)14-13(9)11;1-9-5-4-8-12-13(9)10-6-2-3-7-11(10)14-12;1-9-6-7-13-11(8-9)10-4-2-3-5-12(10)14-13;2*1-9-6-7-11-10-4-2-3-5-12(10)14-13(11)8-9;2*1-7-5-3-2-4-6-7/h6*2-8H,1H3;2*2-6H,1H3. The van der Waals surface area contributed by atoms with Crippen LogP contribution in [0.4, 0.5) is 0 Å². The second-order valence-electron chi connectivity index (χ2n) is 24.7. The Balaban J connectivity index is 0.000000102. The number of aryl methyl sites for hydroxylation is 8. The van der Waals surface area contributed by atoms with Crippen molar-refractivity contribution in [2.75, 3.05) is 0 Å². The average Bonchev–Trinajstić information content (AvgIpc) is 1.66. The summed E-state index contributed by atoms with van der Waals surface area (Å²) in [5.41, 5.74) is 10.8. The van der Waals surface area contributed by atoms with Gasteiger partial charge in [-0.1, -0.05) is 265 Å². The van der Waals surface area contributed by atoms with Crippen LogP contribution in [0.25, 0.3) is 121 Å². The first-order valence-corrected chi connectivity index (χ1v) is 38.1. The van der Waals surface area contributed by atoms with E-state index in [4.69, 9.17) is 0 Å². The van der Waals surface area contributed by atoms with Crippen LogP contribution in [0.15, 0.2) is 315 Å². The quantitative estimate of drug-likeness (QED) is 0.142. The molecule has 0 saturated heterocycles. The molecule has 0 amide bonds. The van der Waals surface area contributed by atoms with E-state index in [-0.39, 0.29) is 0 Å². The molecule has 0 unspecified atom stereocenters. The van der Waals surface area contributed by atoms with Gasteiger partial charge in [0.2, 0.25) is 0 Å². The Kier molecular flexibility index (Phi) is 21.4. The molecule has 0 aliphatic heterocycles. The van der Waals surface area contributed by atoms with Gasteiger partial charge >= 0.3 is 0 Å². The summed E-state index contributed by atoms with van der Waals surface area (Å²) in [5.74, 6) is 0. The van der Waals surface area contributed by atoms with Gasteiger partial charge in [0, 0.05) is 121 Å². The van der Waals surface area contributed by atoms with Gasteiger partial charge in [0.15, 0.2) is 0 Å². The van der Waals surface area contributed by atoms with Gasteiger partial charge in [-0.05, 0) is 150 Å². The van der Waals surface area contributed by atoms with Gasteiger partial charge in [0.1, 0.15) is 0 Å². The van der Waals surface area contributed by atoms with E-state index in [1.165, 1.54) is 166 Å². The molecule has 0 N–H and O–H groups in total. The molecule has 20 rings (SSSR count). The average molecular weight is 1370 g/mol. The lowest BCUT2D eigenvalue weighted by atomic mass is 10.1. The van der Waals surface area contributed by atoms with E-state index in [2.05, 4.69) is 334 Å². The summed E-state index contributed by atoms with van der Waals surface area (Å²) in [6.45, 7) is 17.1. The van der Waals surface area contributed by atoms with Crippen LogP contribution in [0.5, 0.6) is 0 Å². The van der Waals surface area contributed by atoms with E-state index in [0.717, 1.165) is 0 Å². The van der Waals surface area contributed by atoms with Crippen LogP contribution in [-0.4, -0.2) is 0 Å². The smallest absolute Gasteiger partial charge is 0.0384 e. The van der Waals surface area contributed by atoms with Crippen LogP contribution >= 0.6 is 68.0 Å². The predicted octanol–water partition coefficient (Wildman–Crippen LogP) is 30.2. The first-order valence-electron chi connectivity index (χ1n) is 33.2. The number of hydrogen-bond donors (Lipinski definition) is 0. The SMILES string of the molecule is Cc1ccc2c(c1)sc1ccccc12.Cc1ccc2c(c1)sc1ccccc12.Cc1ccc2sc3ccccc3c2c1.Cc1cccc2c1sc1ccccc12.Cc1cccc2c1sc1ccccc12.Cc1cccc2sc3ccccc3c12.Cc1ccccc1.Cc1ccccc1. The maximum atomic E-state index is 2.27. The van der Waals surface area contributed by atoms with Crippen LogP contribution in [0.3, 0.4) is 0 Å². The summed E-state index contributed by atoms with van der Waals surface area (Å²) in [5, 5.41) is 16.7. The molecule has 6 heterocycles. The Morgan fingerprint density at radius 2 is 0.429 bits per heavy atom. The molecule has 0 aliphatic rings. The van der Waals surface area contributed by atoms with Gasteiger partial charge < -0.3 is 0 Å². The van der Waals surface area contributed by atoms with E-state index in [0.29, 0.717) is 0 Å². The number of benzene rings is 14. The Morgan fingerprint density at radius 3 is 0.857 bits per heavy atom. The molecule has 0 radical (unpaired) electrons. The number of rotatable bonds is 0. The number of thiophene rings is 6. The summed E-state index contributed by atoms with van der Waals surface area (Å²) < 4.78 is 16.7. The Hall–Kier alpha value is -9.60. The molecule has 480 valence electrons. The lowest BCUT2D eigenvalue weighted by Gasteiger charge is -1.95. The highest BCUT2D eigenvalue weighted by atomic mass is 32.1. The topological polar surface area (TPSA) is 0 Å². The molecular formula is C92H76S6. The fraction of sp³-hybridized carbons (Fsp3) is 0.0870. The van der Waals surface area contributed by atoms with Crippen molar-refractivity contribution in [3.63, 3.8) is 0 Å². The molecule has 6 heteroatoms. The summed E-state index contributed by atoms with van der Waals surface area (Å²) in [6.07, 6.45) is 0. The van der Waals surface area contributed by atoms with Gasteiger partial charge in [-0.2, -0.15) is 0 Å². The van der Waals surface area contributed by atoms with Crippen molar-refractivity contribution >= 4 is 189 Å². The fourth-order valence-electron chi connectivity index (χ4n) is 12.3. The molecule has 0 bridgehead atoms. The third kappa shape index (κ3) is 15.5. The van der Waals surface area contributed by atoms with Crippen LogP contribution in [-0.2, 0) is 0 Å². The molecule has 0 saturated carbocycles. The van der Waals surface area contributed by atoms with Gasteiger partial charge in [-0.3, -0.25) is 0 Å². The minimum Gasteiger partial charge on any atom is -0.135 e. The molecule has 0 atom stereocenters. The largest absolute Gasteiger partial charge is 0.135 e. The Bertz CT molecular complexity index is 5750. The molecule has 14 aromatic carbocycles. The van der Waals surface area contributed by atoms with Crippen LogP contribution in [0.1, 0.15) is 44.5 Å². The van der Waals surface area contributed by atoms with E-state index >= 15 is 0 Å². The third-order valence-corrected chi connectivity index (χ3v) is 24.5. The maximum absolute atomic E-state index is 2.27. The van der Waals surface area contributed by atoms with Crippen LogP contribution < -0.4 is 0 Å². The highest BCUT2D eigenvalue weighted by Crippen LogP contribution is 2.40. The van der Waals surface area contributed by atoms with E-state index in [1.807, 2.05) is 104 Å². The molecule has 6 aromatic heterocycles. The Morgan fingerprint density at radius 1 is 0.153 bits per heavy atom.